The summed E-state index contributed by atoms with van der Waals surface area (Å²) in [5.41, 5.74) is 2.52. The van der Waals surface area contributed by atoms with E-state index in [2.05, 4.69) is 11.9 Å². The van der Waals surface area contributed by atoms with E-state index in [9.17, 15) is 9.59 Å². The molecule has 0 aliphatic carbocycles. The van der Waals surface area contributed by atoms with Crippen LogP contribution in [0.25, 0.3) is 0 Å². The first-order valence-electron chi connectivity index (χ1n) is 8.55. The van der Waals surface area contributed by atoms with Gasteiger partial charge in [0.2, 0.25) is 11.7 Å². The van der Waals surface area contributed by atoms with Crippen LogP contribution in [0.5, 0.6) is 0 Å². The minimum atomic E-state index is -0.545. The van der Waals surface area contributed by atoms with E-state index in [4.69, 9.17) is 9.15 Å². The number of esters is 1. The fourth-order valence-corrected chi connectivity index (χ4v) is 3.40. The van der Waals surface area contributed by atoms with Crippen LogP contribution in [0.4, 0.5) is 10.8 Å². The third-order valence-electron chi connectivity index (χ3n) is 3.94. The highest BCUT2D eigenvalue weighted by Crippen LogP contribution is 2.29. The lowest BCUT2D eigenvalue weighted by Crippen LogP contribution is -2.22. The third kappa shape index (κ3) is 4.43. The lowest BCUT2D eigenvalue weighted by atomic mass is 10.1. The van der Waals surface area contributed by atoms with Crippen LogP contribution < -0.4 is 4.90 Å². The summed E-state index contributed by atoms with van der Waals surface area (Å²) in [7, 11) is 0. The maximum Gasteiger partial charge on any atom is 0.374 e. The molecule has 7 heteroatoms. The molecule has 0 saturated heterocycles. The molecule has 0 saturated carbocycles. The summed E-state index contributed by atoms with van der Waals surface area (Å²) in [5.74, 6) is 0.118. The molecule has 27 heavy (non-hydrogen) atoms. The van der Waals surface area contributed by atoms with E-state index in [1.165, 1.54) is 23.8 Å². The van der Waals surface area contributed by atoms with Gasteiger partial charge in [0, 0.05) is 12.3 Å². The molecular weight excluding hydrogens is 364 g/mol. The Balaban J connectivity index is 1.71. The van der Waals surface area contributed by atoms with Gasteiger partial charge in [-0.05, 0) is 43.2 Å². The Morgan fingerprint density at radius 2 is 1.93 bits per heavy atom. The van der Waals surface area contributed by atoms with Gasteiger partial charge in [-0.1, -0.05) is 19.1 Å². The fourth-order valence-electron chi connectivity index (χ4n) is 2.53. The van der Waals surface area contributed by atoms with Crippen LogP contribution in [0.3, 0.4) is 0 Å². The zero-order valence-electron chi connectivity index (χ0n) is 15.4. The van der Waals surface area contributed by atoms with Crippen LogP contribution >= 0.6 is 11.3 Å². The number of ether oxygens (including phenoxy) is 1. The van der Waals surface area contributed by atoms with Crippen molar-refractivity contribution in [2.75, 3.05) is 4.90 Å². The van der Waals surface area contributed by atoms with Gasteiger partial charge in [0.15, 0.2) is 5.13 Å². The van der Waals surface area contributed by atoms with Crippen molar-refractivity contribution in [3.8, 4) is 0 Å². The summed E-state index contributed by atoms with van der Waals surface area (Å²) >= 11 is 1.32. The second-order valence-corrected chi connectivity index (χ2v) is 6.82. The molecule has 6 nitrogen and oxygen atoms in total. The predicted octanol–water partition coefficient (Wildman–Crippen LogP) is 4.65. The molecule has 1 aromatic carbocycles. The molecule has 140 valence electrons. The smallest absolute Gasteiger partial charge is 0.374 e. The van der Waals surface area contributed by atoms with Crippen molar-refractivity contribution in [3.63, 3.8) is 0 Å². The minimum Gasteiger partial charge on any atom is -0.454 e. The topological polar surface area (TPSA) is 72.6 Å². The molecule has 2 aromatic heterocycles. The maximum absolute atomic E-state index is 12.2. The lowest BCUT2D eigenvalue weighted by Gasteiger charge is -2.18. The standard InChI is InChI=1S/C20H20N2O4S/c1-4-15-6-8-17(9-7-15)22(14(3)23)20-21-16(12-27-20)11-25-19(24)18-10-5-13(2)26-18/h5-10,12H,4,11H2,1-3H3. The summed E-state index contributed by atoms with van der Waals surface area (Å²) in [4.78, 5) is 30.1. The van der Waals surface area contributed by atoms with Gasteiger partial charge < -0.3 is 9.15 Å². The molecule has 0 aliphatic rings. The molecule has 2 heterocycles. The first-order chi connectivity index (χ1) is 13.0. The van der Waals surface area contributed by atoms with Gasteiger partial charge in [0.05, 0.1) is 11.4 Å². The number of hydrogen-bond donors (Lipinski definition) is 0. The number of aromatic nitrogens is 1. The zero-order chi connectivity index (χ0) is 19.4. The van der Waals surface area contributed by atoms with E-state index in [0.717, 1.165) is 12.1 Å². The molecule has 1 amide bonds. The van der Waals surface area contributed by atoms with Gasteiger partial charge >= 0.3 is 5.97 Å². The highest BCUT2D eigenvalue weighted by Gasteiger charge is 2.19. The average molecular weight is 384 g/mol. The summed E-state index contributed by atoms with van der Waals surface area (Å²) in [6.07, 6.45) is 0.933. The van der Waals surface area contributed by atoms with E-state index >= 15 is 0 Å². The van der Waals surface area contributed by atoms with E-state index in [-0.39, 0.29) is 18.3 Å². The van der Waals surface area contributed by atoms with E-state index in [1.54, 1.807) is 29.3 Å². The van der Waals surface area contributed by atoms with Crippen LogP contribution in [0.2, 0.25) is 0 Å². The number of thiazole rings is 1. The maximum atomic E-state index is 12.2. The van der Waals surface area contributed by atoms with Crippen molar-refractivity contribution in [1.29, 1.82) is 0 Å². The van der Waals surface area contributed by atoms with Crippen molar-refractivity contribution in [3.05, 3.63) is 64.6 Å². The van der Waals surface area contributed by atoms with Crippen molar-refractivity contribution >= 4 is 34.0 Å². The van der Waals surface area contributed by atoms with Gasteiger partial charge in [0.1, 0.15) is 12.4 Å². The first-order valence-corrected chi connectivity index (χ1v) is 9.43. The molecule has 0 radical (unpaired) electrons. The van der Waals surface area contributed by atoms with Crippen LogP contribution in [0.15, 0.2) is 46.2 Å². The monoisotopic (exact) mass is 384 g/mol. The Hall–Kier alpha value is -2.93. The van der Waals surface area contributed by atoms with Crippen molar-refractivity contribution in [1.82, 2.24) is 4.98 Å². The van der Waals surface area contributed by atoms with Crippen LogP contribution in [0, 0.1) is 6.92 Å². The predicted molar refractivity (Wildman–Crippen MR) is 103 cm³/mol. The number of hydrogen-bond acceptors (Lipinski definition) is 6. The fraction of sp³-hybridized carbons (Fsp3) is 0.250. The van der Waals surface area contributed by atoms with Crippen molar-refractivity contribution in [2.45, 2.75) is 33.8 Å². The zero-order valence-corrected chi connectivity index (χ0v) is 16.2. The number of aryl methyl sites for hydroxylation is 2. The summed E-state index contributed by atoms with van der Waals surface area (Å²) in [6, 6.07) is 11.1. The van der Waals surface area contributed by atoms with Crippen LogP contribution in [-0.2, 0) is 22.6 Å². The number of benzene rings is 1. The van der Waals surface area contributed by atoms with E-state index in [0.29, 0.717) is 16.6 Å². The second-order valence-electron chi connectivity index (χ2n) is 5.98. The molecule has 0 bridgehead atoms. The van der Waals surface area contributed by atoms with Crippen LogP contribution in [-0.4, -0.2) is 16.9 Å². The Bertz CT molecular complexity index is 943. The van der Waals surface area contributed by atoms with Gasteiger partial charge in [-0.3, -0.25) is 9.69 Å². The largest absolute Gasteiger partial charge is 0.454 e. The molecule has 0 aliphatic heterocycles. The van der Waals surface area contributed by atoms with Crippen molar-refractivity contribution in [2.24, 2.45) is 0 Å². The number of carbonyl (C=O) groups excluding carboxylic acids is 2. The Morgan fingerprint density at radius 1 is 1.19 bits per heavy atom. The molecule has 3 rings (SSSR count). The number of rotatable bonds is 6. The summed E-state index contributed by atoms with van der Waals surface area (Å²) < 4.78 is 10.5. The number of anilines is 2. The minimum absolute atomic E-state index is 0.00952. The number of amides is 1. The Labute approximate surface area is 161 Å². The third-order valence-corrected chi connectivity index (χ3v) is 4.82. The molecule has 0 N–H and O–H groups in total. The van der Waals surface area contributed by atoms with Gasteiger partial charge in [-0.15, -0.1) is 11.3 Å². The summed E-state index contributed by atoms with van der Waals surface area (Å²) in [5, 5.41) is 2.30. The normalized spacial score (nSPS) is 10.6. The Morgan fingerprint density at radius 3 is 2.52 bits per heavy atom. The van der Waals surface area contributed by atoms with Gasteiger partial charge in [0.25, 0.3) is 0 Å². The lowest BCUT2D eigenvalue weighted by molar-refractivity contribution is -0.115. The van der Waals surface area contributed by atoms with Gasteiger partial charge in [-0.2, -0.15) is 0 Å². The molecule has 0 fully saturated rings. The Kier molecular flexibility index (Phi) is 5.71. The molecular formula is C20H20N2O4S. The molecule has 3 aromatic rings. The molecule has 0 unspecified atom stereocenters. The first kappa shape index (κ1) is 18.8. The second kappa shape index (κ2) is 8.18. The summed E-state index contributed by atoms with van der Waals surface area (Å²) in [6.45, 7) is 5.34. The van der Waals surface area contributed by atoms with E-state index in [1.807, 2.05) is 24.3 Å². The van der Waals surface area contributed by atoms with Crippen LogP contribution in [0.1, 0.15) is 41.4 Å². The number of furan rings is 1. The van der Waals surface area contributed by atoms with E-state index < -0.39 is 5.97 Å². The number of nitrogens with zero attached hydrogens (tertiary/aromatic N) is 2. The molecule has 0 atom stereocenters. The molecule has 0 spiro atoms. The quantitative estimate of drug-likeness (QED) is 0.579. The SMILES string of the molecule is CCc1ccc(N(C(C)=O)c2nc(COC(=O)c3ccc(C)o3)cs2)cc1. The van der Waals surface area contributed by atoms with Gasteiger partial charge in [-0.25, -0.2) is 9.78 Å². The highest BCUT2D eigenvalue weighted by molar-refractivity contribution is 7.14. The average Bonchev–Trinajstić information content (AvgIpc) is 3.29. The number of carbonyl (C=O) groups is 2. The highest BCUT2D eigenvalue weighted by atomic mass is 32.1. The van der Waals surface area contributed by atoms with Crippen molar-refractivity contribution < 1.29 is 18.7 Å².